The summed E-state index contributed by atoms with van der Waals surface area (Å²) in [4.78, 5) is 11.8. The van der Waals surface area contributed by atoms with E-state index in [2.05, 4.69) is 24.5 Å². The number of carbonyl (C=O) groups excluding carboxylic acids is 1. The van der Waals surface area contributed by atoms with Crippen LogP contribution in [0.15, 0.2) is 0 Å². The lowest BCUT2D eigenvalue weighted by Crippen LogP contribution is -2.52. The van der Waals surface area contributed by atoms with E-state index in [0.717, 1.165) is 6.54 Å². The van der Waals surface area contributed by atoms with Crippen LogP contribution in [0.2, 0.25) is 0 Å². The first-order valence-electron chi connectivity index (χ1n) is 8.80. The van der Waals surface area contributed by atoms with Crippen LogP contribution in [0.3, 0.4) is 0 Å². The number of hydrogen-bond acceptors (Lipinski definition) is 3. The molecule has 0 aromatic carbocycles. The lowest BCUT2D eigenvalue weighted by atomic mass is 10.0. The number of rotatable bonds is 10. The summed E-state index contributed by atoms with van der Waals surface area (Å²) in [6.45, 7) is 14.8. The zero-order chi connectivity index (χ0) is 17.2. The van der Waals surface area contributed by atoms with Gasteiger partial charge in [-0.25, -0.2) is 4.79 Å². The minimum atomic E-state index is -0.459. The minimum Gasteiger partial charge on any atom is -0.444 e. The van der Waals surface area contributed by atoms with E-state index >= 15 is 0 Å². The van der Waals surface area contributed by atoms with Gasteiger partial charge in [-0.1, -0.05) is 39.0 Å². The second-order valence-electron chi connectivity index (χ2n) is 8.00. The van der Waals surface area contributed by atoms with Gasteiger partial charge in [-0.05, 0) is 48.0 Å². The summed E-state index contributed by atoms with van der Waals surface area (Å²) in [7, 11) is 0. The number of nitrogens with one attached hydrogen (secondary N) is 2. The summed E-state index contributed by atoms with van der Waals surface area (Å²) in [6, 6.07) is 0.473. The molecule has 0 aliphatic rings. The number of ether oxygens (including phenoxy) is 1. The number of hydrogen-bond donors (Lipinski definition) is 2. The van der Waals surface area contributed by atoms with Gasteiger partial charge in [0, 0.05) is 12.6 Å². The third-order valence-electron chi connectivity index (χ3n) is 3.47. The van der Waals surface area contributed by atoms with E-state index in [-0.39, 0.29) is 11.6 Å². The summed E-state index contributed by atoms with van der Waals surface area (Å²) in [5.41, 5.74) is -0.780. The van der Waals surface area contributed by atoms with Gasteiger partial charge in [-0.3, -0.25) is 0 Å². The molecular weight excluding hydrogens is 276 g/mol. The molecule has 22 heavy (non-hydrogen) atoms. The van der Waals surface area contributed by atoms with Gasteiger partial charge in [0.2, 0.25) is 0 Å². The van der Waals surface area contributed by atoms with E-state index in [1.807, 2.05) is 34.6 Å². The first-order chi connectivity index (χ1) is 10.1. The first-order valence-corrected chi connectivity index (χ1v) is 8.80. The number of carbonyl (C=O) groups is 1. The maximum Gasteiger partial charge on any atom is 0.408 e. The van der Waals surface area contributed by atoms with Gasteiger partial charge < -0.3 is 15.4 Å². The molecule has 4 heteroatoms. The molecule has 0 saturated heterocycles. The topological polar surface area (TPSA) is 50.4 Å². The van der Waals surface area contributed by atoms with Crippen molar-refractivity contribution >= 4 is 6.09 Å². The molecule has 1 atom stereocenters. The third-order valence-corrected chi connectivity index (χ3v) is 3.47. The van der Waals surface area contributed by atoms with Gasteiger partial charge in [-0.2, -0.15) is 0 Å². The highest BCUT2D eigenvalue weighted by atomic mass is 16.6. The highest BCUT2D eigenvalue weighted by molar-refractivity contribution is 5.68. The van der Waals surface area contributed by atoms with Gasteiger partial charge in [0.05, 0.1) is 5.54 Å². The van der Waals surface area contributed by atoms with Gasteiger partial charge in [0.15, 0.2) is 0 Å². The molecule has 1 amide bonds. The molecule has 0 rings (SSSR count). The molecule has 0 fully saturated rings. The average Bonchev–Trinajstić information content (AvgIpc) is 2.33. The maximum absolute atomic E-state index is 11.8. The van der Waals surface area contributed by atoms with Crippen molar-refractivity contribution in [3.63, 3.8) is 0 Å². The molecule has 0 heterocycles. The van der Waals surface area contributed by atoms with Crippen molar-refractivity contribution < 1.29 is 9.53 Å². The Morgan fingerprint density at radius 3 is 2.18 bits per heavy atom. The van der Waals surface area contributed by atoms with Crippen molar-refractivity contribution in [3.8, 4) is 0 Å². The van der Waals surface area contributed by atoms with Crippen molar-refractivity contribution in [1.29, 1.82) is 0 Å². The molecule has 2 N–H and O–H groups in total. The Kier molecular flexibility index (Phi) is 9.74. The monoisotopic (exact) mass is 314 g/mol. The Morgan fingerprint density at radius 2 is 1.64 bits per heavy atom. The molecule has 0 radical (unpaired) electrons. The maximum atomic E-state index is 11.8. The fourth-order valence-corrected chi connectivity index (χ4v) is 2.21. The average molecular weight is 315 g/mol. The summed E-state index contributed by atoms with van der Waals surface area (Å²) in [5.74, 6) is 0. The van der Waals surface area contributed by atoms with Crippen LogP contribution in [0.1, 0.15) is 87.0 Å². The smallest absolute Gasteiger partial charge is 0.408 e. The van der Waals surface area contributed by atoms with Crippen LogP contribution < -0.4 is 10.6 Å². The van der Waals surface area contributed by atoms with E-state index in [0.29, 0.717) is 6.04 Å². The molecule has 0 spiro atoms. The number of unbranched alkanes of at least 4 members (excludes halogenated alkanes) is 4. The minimum absolute atomic E-state index is 0.321. The Labute approximate surface area is 137 Å². The SMILES string of the molecule is CCCCCCCC(C)NCC(C)(C)NC(=O)OC(C)(C)C. The van der Waals surface area contributed by atoms with Crippen molar-refractivity contribution in [2.24, 2.45) is 0 Å². The summed E-state index contributed by atoms with van der Waals surface area (Å²) in [5, 5.41) is 6.44. The van der Waals surface area contributed by atoms with Crippen molar-refractivity contribution in [1.82, 2.24) is 10.6 Å². The highest BCUT2D eigenvalue weighted by Gasteiger charge is 2.24. The molecule has 0 saturated carbocycles. The molecule has 0 aliphatic heterocycles. The normalized spacial score (nSPS) is 13.8. The molecule has 0 aromatic heterocycles. The van der Waals surface area contributed by atoms with E-state index in [9.17, 15) is 4.79 Å². The fraction of sp³-hybridized carbons (Fsp3) is 0.944. The lowest BCUT2D eigenvalue weighted by molar-refractivity contribution is 0.0470. The molecule has 1 unspecified atom stereocenters. The van der Waals surface area contributed by atoms with Crippen molar-refractivity contribution in [2.45, 2.75) is 104 Å². The van der Waals surface area contributed by atoms with Crippen LogP contribution in [-0.4, -0.2) is 29.8 Å². The molecule has 0 aromatic rings. The van der Waals surface area contributed by atoms with Crippen LogP contribution in [0.4, 0.5) is 4.79 Å². The Bertz CT molecular complexity index is 309. The second kappa shape index (κ2) is 10.1. The highest BCUT2D eigenvalue weighted by Crippen LogP contribution is 2.10. The molecule has 0 bridgehead atoms. The standard InChI is InChI=1S/C18H38N2O2/c1-8-9-10-11-12-13-15(2)19-14-18(6,7)20-16(21)22-17(3,4)5/h15,19H,8-14H2,1-7H3,(H,20,21). The van der Waals surface area contributed by atoms with E-state index in [1.165, 1.54) is 38.5 Å². The second-order valence-corrected chi connectivity index (χ2v) is 8.00. The zero-order valence-electron chi connectivity index (χ0n) is 15.8. The van der Waals surface area contributed by atoms with E-state index < -0.39 is 5.60 Å². The Hall–Kier alpha value is -0.770. The van der Waals surface area contributed by atoms with Crippen LogP contribution in [-0.2, 0) is 4.74 Å². The number of alkyl carbamates (subject to hydrolysis) is 1. The largest absolute Gasteiger partial charge is 0.444 e. The number of amides is 1. The first kappa shape index (κ1) is 21.2. The molecule has 0 aliphatic carbocycles. The van der Waals surface area contributed by atoms with Gasteiger partial charge in [0.1, 0.15) is 5.60 Å². The predicted molar refractivity (Wildman–Crippen MR) is 94.3 cm³/mol. The van der Waals surface area contributed by atoms with E-state index in [1.54, 1.807) is 0 Å². The molecule has 132 valence electrons. The van der Waals surface area contributed by atoms with Crippen LogP contribution in [0.5, 0.6) is 0 Å². The quantitative estimate of drug-likeness (QED) is 0.578. The van der Waals surface area contributed by atoms with Crippen LogP contribution in [0, 0.1) is 0 Å². The van der Waals surface area contributed by atoms with Crippen molar-refractivity contribution in [3.05, 3.63) is 0 Å². The zero-order valence-corrected chi connectivity index (χ0v) is 15.8. The summed E-state index contributed by atoms with van der Waals surface area (Å²) < 4.78 is 5.30. The Morgan fingerprint density at radius 1 is 1.05 bits per heavy atom. The van der Waals surface area contributed by atoms with Crippen molar-refractivity contribution in [2.75, 3.05) is 6.54 Å². The summed E-state index contributed by atoms with van der Waals surface area (Å²) >= 11 is 0. The summed E-state index contributed by atoms with van der Waals surface area (Å²) in [6.07, 6.45) is 7.40. The predicted octanol–water partition coefficient (Wildman–Crippen LogP) is 4.63. The lowest BCUT2D eigenvalue weighted by Gasteiger charge is -2.30. The molecule has 4 nitrogen and oxygen atoms in total. The van der Waals surface area contributed by atoms with Gasteiger partial charge >= 0.3 is 6.09 Å². The van der Waals surface area contributed by atoms with Crippen LogP contribution in [0.25, 0.3) is 0 Å². The van der Waals surface area contributed by atoms with Crippen LogP contribution >= 0.6 is 0 Å². The van der Waals surface area contributed by atoms with Gasteiger partial charge in [0.25, 0.3) is 0 Å². The fourth-order valence-electron chi connectivity index (χ4n) is 2.21. The third kappa shape index (κ3) is 12.9. The Balaban J connectivity index is 3.92. The molecular formula is C18H38N2O2. The van der Waals surface area contributed by atoms with E-state index in [4.69, 9.17) is 4.74 Å². The van der Waals surface area contributed by atoms with Gasteiger partial charge in [-0.15, -0.1) is 0 Å².